The van der Waals surface area contributed by atoms with Crippen LogP contribution in [0.4, 0.5) is 22.0 Å². The summed E-state index contributed by atoms with van der Waals surface area (Å²) in [4.78, 5) is 0. The van der Waals surface area contributed by atoms with Gasteiger partial charge in [-0.1, -0.05) is 13.8 Å². The Morgan fingerprint density at radius 3 is 2.20 bits per heavy atom. The third kappa shape index (κ3) is 2.95. The van der Waals surface area contributed by atoms with Crippen molar-refractivity contribution in [3.8, 4) is 0 Å². The number of halogens is 5. The fraction of sp³-hybridized carbons (Fsp3) is 0.571. The first-order chi connectivity index (χ1) is 9.20. The summed E-state index contributed by atoms with van der Waals surface area (Å²) in [5.41, 5.74) is -1.48. The second kappa shape index (κ2) is 5.31. The second-order valence-electron chi connectivity index (χ2n) is 5.34. The fourth-order valence-corrected chi connectivity index (χ4v) is 2.46. The summed E-state index contributed by atoms with van der Waals surface area (Å²) in [6.45, 7) is 3.81. The van der Waals surface area contributed by atoms with Gasteiger partial charge in [-0.05, 0) is 36.5 Å². The molecule has 1 saturated heterocycles. The Morgan fingerprint density at radius 1 is 1.10 bits per heavy atom. The van der Waals surface area contributed by atoms with E-state index in [4.69, 9.17) is 4.74 Å². The standard InChI is InChI=1S/C14H15F5O/c1-7(2)12-3-4-13(20-12)8-5-10(15)11(16)6-9(8)14(17,18)19/h5-7,12-13H,3-4H2,1-2H3/t12-,13+/m0/s1. The maximum atomic E-state index is 13.3. The Hall–Kier alpha value is -1.17. The van der Waals surface area contributed by atoms with E-state index in [0.29, 0.717) is 18.9 Å². The monoisotopic (exact) mass is 294 g/mol. The van der Waals surface area contributed by atoms with Crippen molar-refractivity contribution in [1.29, 1.82) is 0 Å². The van der Waals surface area contributed by atoms with Crippen LogP contribution in [0.5, 0.6) is 0 Å². The first-order valence-electron chi connectivity index (χ1n) is 6.41. The first kappa shape index (κ1) is 15.2. The minimum Gasteiger partial charge on any atom is -0.370 e. The van der Waals surface area contributed by atoms with Crippen molar-refractivity contribution < 1.29 is 26.7 Å². The van der Waals surface area contributed by atoms with E-state index >= 15 is 0 Å². The van der Waals surface area contributed by atoms with Gasteiger partial charge in [0.05, 0.1) is 17.8 Å². The molecule has 0 aromatic heterocycles. The Bertz CT molecular complexity index is 495. The quantitative estimate of drug-likeness (QED) is 0.708. The molecule has 1 nitrogen and oxygen atoms in total. The van der Waals surface area contributed by atoms with E-state index in [9.17, 15) is 22.0 Å². The smallest absolute Gasteiger partial charge is 0.370 e. The van der Waals surface area contributed by atoms with Crippen molar-refractivity contribution in [2.24, 2.45) is 5.92 Å². The average molecular weight is 294 g/mol. The van der Waals surface area contributed by atoms with Crippen LogP contribution in [0.25, 0.3) is 0 Å². The Kier molecular flexibility index (Phi) is 4.04. The zero-order chi connectivity index (χ0) is 15.1. The van der Waals surface area contributed by atoms with E-state index < -0.39 is 29.5 Å². The Morgan fingerprint density at radius 2 is 1.70 bits per heavy atom. The molecule has 1 fully saturated rings. The second-order valence-corrected chi connectivity index (χ2v) is 5.34. The molecule has 2 atom stereocenters. The lowest BCUT2D eigenvalue weighted by Crippen LogP contribution is -2.17. The van der Waals surface area contributed by atoms with Crippen molar-refractivity contribution in [3.05, 3.63) is 34.9 Å². The predicted molar refractivity (Wildman–Crippen MR) is 63.0 cm³/mol. The molecule has 0 spiro atoms. The third-order valence-corrected chi connectivity index (χ3v) is 3.54. The van der Waals surface area contributed by atoms with Gasteiger partial charge in [0.2, 0.25) is 0 Å². The minimum atomic E-state index is -4.73. The van der Waals surface area contributed by atoms with E-state index in [1.807, 2.05) is 13.8 Å². The van der Waals surface area contributed by atoms with Crippen LogP contribution in [0.3, 0.4) is 0 Å². The maximum absolute atomic E-state index is 13.3. The molecule has 1 aromatic rings. The van der Waals surface area contributed by atoms with Crippen molar-refractivity contribution in [2.45, 2.75) is 45.1 Å². The van der Waals surface area contributed by atoms with E-state index in [2.05, 4.69) is 0 Å². The summed E-state index contributed by atoms with van der Waals surface area (Å²) >= 11 is 0. The minimum absolute atomic E-state index is 0.158. The van der Waals surface area contributed by atoms with E-state index in [0.717, 1.165) is 0 Å². The molecule has 0 unspecified atom stereocenters. The number of rotatable bonds is 2. The van der Waals surface area contributed by atoms with E-state index in [-0.39, 0.29) is 23.7 Å². The third-order valence-electron chi connectivity index (χ3n) is 3.54. The predicted octanol–water partition coefficient (Wildman–Crippen LogP) is 4.86. The van der Waals surface area contributed by atoms with Crippen LogP contribution in [0.15, 0.2) is 12.1 Å². The van der Waals surface area contributed by atoms with Gasteiger partial charge in [0.15, 0.2) is 11.6 Å². The summed E-state index contributed by atoms with van der Waals surface area (Å²) in [6, 6.07) is 0.808. The summed E-state index contributed by atoms with van der Waals surface area (Å²) in [5.74, 6) is -2.62. The van der Waals surface area contributed by atoms with Crippen molar-refractivity contribution in [3.63, 3.8) is 0 Å². The SMILES string of the molecule is CC(C)[C@@H]1CC[C@H](c2cc(F)c(F)cc2C(F)(F)F)O1. The van der Waals surface area contributed by atoms with Crippen LogP contribution in [-0.4, -0.2) is 6.10 Å². The molecule has 0 bridgehead atoms. The van der Waals surface area contributed by atoms with Crippen molar-refractivity contribution >= 4 is 0 Å². The van der Waals surface area contributed by atoms with Gasteiger partial charge in [0.1, 0.15) is 0 Å². The molecule has 112 valence electrons. The molecule has 6 heteroatoms. The highest BCUT2D eigenvalue weighted by molar-refractivity contribution is 5.33. The molecular formula is C14H15F5O. The van der Waals surface area contributed by atoms with Crippen LogP contribution in [-0.2, 0) is 10.9 Å². The number of benzene rings is 1. The zero-order valence-corrected chi connectivity index (χ0v) is 11.1. The number of ether oxygens (including phenoxy) is 1. The first-order valence-corrected chi connectivity index (χ1v) is 6.41. The molecule has 0 N–H and O–H groups in total. The van der Waals surface area contributed by atoms with E-state index in [1.165, 1.54) is 0 Å². The molecule has 0 saturated carbocycles. The van der Waals surface area contributed by atoms with Crippen LogP contribution < -0.4 is 0 Å². The lowest BCUT2D eigenvalue weighted by atomic mass is 9.98. The molecule has 1 heterocycles. The normalized spacial score (nSPS) is 23.6. The van der Waals surface area contributed by atoms with Gasteiger partial charge >= 0.3 is 6.18 Å². The molecule has 0 amide bonds. The fourth-order valence-electron chi connectivity index (χ4n) is 2.46. The summed E-state index contributed by atoms with van der Waals surface area (Å²) in [7, 11) is 0. The number of hydrogen-bond acceptors (Lipinski definition) is 1. The molecule has 1 aliphatic heterocycles. The highest BCUT2D eigenvalue weighted by Crippen LogP contribution is 2.42. The van der Waals surface area contributed by atoms with Gasteiger partial charge in [-0.3, -0.25) is 0 Å². The molecule has 20 heavy (non-hydrogen) atoms. The highest BCUT2D eigenvalue weighted by atomic mass is 19.4. The average Bonchev–Trinajstić information content (AvgIpc) is 2.80. The van der Waals surface area contributed by atoms with Gasteiger partial charge in [-0.15, -0.1) is 0 Å². The van der Waals surface area contributed by atoms with Crippen LogP contribution >= 0.6 is 0 Å². The van der Waals surface area contributed by atoms with Crippen LogP contribution in [0.2, 0.25) is 0 Å². The molecule has 0 aliphatic carbocycles. The van der Waals surface area contributed by atoms with Crippen molar-refractivity contribution in [1.82, 2.24) is 0 Å². The molecule has 1 aromatic carbocycles. The van der Waals surface area contributed by atoms with Crippen LogP contribution in [0, 0.1) is 17.6 Å². The number of hydrogen-bond donors (Lipinski definition) is 0. The summed E-state index contributed by atoms with van der Waals surface area (Å²) in [6.07, 6.45) is -4.75. The molecule has 2 rings (SSSR count). The van der Waals surface area contributed by atoms with Gasteiger partial charge in [-0.25, -0.2) is 8.78 Å². The van der Waals surface area contributed by atoms with Gasteiger partial charge < -0.3 is 4.74 Å². The lowest BCUT2D eigenvalue weighted by Gasteiger charge is -2.20. The molecule has 0 radical (unpaired) electrons. The maximum Gasteiger partial charge on any atom is 0.416 e. The lowest BCUT2D eigenvalue weighted by molar-refractivity contribution is -0.139. The largest absolute Gasteiger partial charge is 0.416 e. The summed E-state index contributed by atoms with van der Waals surface area (Å²) < 4.78 is 70.6. The molecular weight excluding hydrogens is 279 g/mol. The van der Waals surface area contributed by atoms with Gasteiger partial charge in [0.25, 0.3) is 0 Å². The number of alkyl halides is 3. The Balaban J connectivity index is 2.39. The Labute approximate surface area is 113 Å². The summed E-state index contributed by atoms with van der Waals surface area (Å²) in [5, 5.41) is 0. The van der Waals surface area contributed by atoms with Crippen LogP contribution in [0.1, 0.15) is 43.9 Å². The zero-order valence-electron chi connectivity index (χ0n) is 11.1. The topological polar surface area (TPSA) is 9.23 Å². The molecule has 1 aliphatic rings. The van der Waals surface area contributed by atoms with Gasteiger partial charge in [-0.2, -0.15) is 13.2 Å². The van der Waals surface area contributed by atoms with Crippen molar-refractivity contribution in [2.75, 3.05) is 0 Å². The van der Waals surface area contributed by atoms with Gasteiger partial charge in [0, 0.05) is 0 Å². The van der Waals surface area contributed by atoms with E-state index in [1.54, 1.807) is 0 Å². The highest BCUT2D eigenvalue weighted by Gasteiger charge is 2.39.